The zero-order chi connectivity index (χ0) is 8.84. The molecule has 1 aromatic carbocycles. The predicted octanol–water partition coefficient (Wildman–Crippen LogP) is 3.44. The van der Waals surface area contributed by atoms with Gasteiger partial charge in [0, 0.05) is 12.1 Å². The number of benzene rings is 1. The Kier molecular flexibility index (Phi) is 1.51. The smallest absolute Gasteiger partial charge is 0.162 e. The minimum absolute atomic E-state index is 0.121. The number of fused-ring (bicyclic) bond motifs is 1. The van der Waals surface area contributed by atoms with Gasteiger partial charge in [0.05, 0.1) is 0 Å². The third kappa shape index (κ3) is 1.11. The zero-order valence-corrected chi connectivity index (χ0v) is 8.42. The first-order valence-corrected chi connectivity index (χ1v) is 6.02. The Morgan fingerprint density at radius 3 is 2.69 bits per heavy atom. The first kappa shape index (κ1) is 7.58. The molecular formula is C11H11OP. The highest BCUT2D eigenvalue weighted by Crippen LogP contribution is 2.74. The van der Waals surface area contributed by atoms with E-state index < -0.39 is 0 Å². The lowest BCUT2D eigenvalue weighted by atomic mass is 9.95. The summed E-state index contributed by atoms with van der Waals surface area (Å²) in [5.41, 5.74) is 4.24. The molecule has 0 aliphatic carbocycles. The van der Waals surface area contributed by atoms with E-state index >= 15 is 0 Å². The topological polar surface area (TPSA) is 12.5 Å². The molecule has 0 amide bonds. The molecule has 1 nitrogen and oxygen atoms in total. The van der Waals surface area contributed by atoms with Crippen LogP contribution in [-0.4, -0.2) is 6.16 Å². The molecule has 2 unspecified atom stereocenters. The molecule has 13 heavy (non-hydrogen) atoms. The van der Waals surface area contributed by atoms with Gasteiger partial charge in [-0.15, -0.1) is 0 Å². The van der Waals surface area contributed by atoms with Crippen LogP contribution in [0.4, 0.5) is 0 Å². The van der Waals surface area contributed by atoms with Gasteiger partial charge in [0.15, 0.2) is 13.6 Å². The lowest BCUT2D eigenvalue weighted by Crippen LogP contribution is -2.00. The largest absolute Gasteiger partial charge is 0.462 e. The highest BCUT2D eigenvalue weighted by Gasteiger charge is 2.46. The van der Waals surface area contributed by atoms with Crippen LogP contribution in [0.1, 0.15) is 18.4 Å². The molecule has 0 spiro atoms. The molecule has 2 heteroatoms. The Labute approximate surface area is 79.3 Å². The van der Waals surface area contributed by atoms with Crippen LogP contribution < -0.4 is 0 Å². The molecule has 2 atom stereocenters. The Morgan fingerprint density at radius 2 is 2.08 bits per heavy atom. The van der Waals surface area contributed by atoms with Crippen LogP contribution in [0.25, 0.3) is 0 Å². The molecule has 1 fully saturated rings. The third-order valence-electron chi connectivity index (χ3n) is 2.80. The quantitative estimate of drug-likeness (QED) is 0.488. The van der Waals surface area contributed by atoms with Gasteiger partial charge in [0.2, 0.25) is 0 Å². The van der Waals surface area contributed by atoms with Gasteiger partial charge in [-0.3, -0.25) is 0 Å². The van der Waals surface area contributed by atoms with Gasteiger partial charge < -0.3 is 4.52 Å². The van der Waals surface area contributed by atoms with Crippen molar-refractivity contribution in [3.8, 4) is 0 Å². The van der Waals surface area contributed by atoms with E-state index in [1.807, 2.05) is 0 Å². The number of hydrogen-bond donors (Lipinski definition) is 0. The predicted molar refractivity (Wildman–Crippen MR) is 54.8 cm³/mol. The summed E-state index contributed by atoms with van der Waals surface area (Å²) < 4.78 is 5.46. The second kappa shape index (κ2) is 2.59. The molecule has 1 saturated heterocycles. The van der Waals surface area contributed by atoms with Crippen LogP contribution in [-0.2, 0) is 4.52 Å². The minimum atomic E-state index is -0.121. The van der Waals surface area contributed by atoms with Crippen molar-refractivity contribution < 1.29 is 4.52 Å². The molecule has 66 valence electrons. The molecule has 2 aliphatic heterocycles. The van der Waals surface area contributed by atoms with Crippen molar-refractivity contribution in [1.29, 1.82) is 0 Å². The standard InChI is InChI=1S/C11H11OP/c1-8-10(7-13-11(8)12-13)9-5-3-2-4-6-9/h2-6,10H,7H2,1H3. The molecule has 0 saturated carbocycles. The fourth-order valence-corrected chi connectivity index (χ4v) is 4.06. The maximum Gasteiger partial charge on any atom is 0.162 e. The van der Waals surface area contributed by atoms with Gasteiger partial charge >= 0.3 is 0 Å². The van der Waals surface area contributed by atoms with Gasteiger partial charge in [-0.05, 0) is 18.1 Å². The average molecular weight is 190 g/mol. The molecule has 3 rings (SSSR count). The van der Waals surface area contributed by atoms with E-state index in [2.05, 4.69) is 37.3 Å². The summed E-state index contributed by atoms with van der Waals surface area (Å²) in [5, 5.41) is 0. The summed E-state index contributed by atoms with van der Waals surface area (Å²) in [5.74, 6) is 0.649. The van der Waals surface area contributed by atoms with Crippen LogP contribution in [0, 0.1) is 0 Å². The molecule has 2 aliphatic rings. The lowest BCUT2D eigenvalue weighted by molar-refractivity contribution is 0.605. The Bertz CT molecular complexity index is 369. The van der Waals surface area contributed by atoms with Crippen LogP contribution in [0.15, 0.2) is 41.4 Å². The van der Waals surface area contributed by atoms with Crippen molar-refractivity contribution >= 4 is 8.15 Å². The van der Waals surface area contributed by atoms with E-state index in [1.54, 1.807) is 0 Å². The number of hydrogen-bond acceptors (Lipinski definition) is 1. The van der Waals surface area contributed by atoms with Gasteiger partial charge in [-0.2, -0.15) is 0 Å². The summed E-state index contributed by atoms with van der Waals surface area (Å²) in [4.78, 5) is 0. The lowest BCUT2D eigenvalue weighted by Gasteiger charge is -2.12. The molecule has 1 aromatic rings. The molecule has 0 radical (unpaired) electrons. The van der Waals surface area contributed by atoms with Crippen LogP contribution in [0.5, 0.6) is 0 Å². The maximum atomic E-state index is 5.46. The highest BCUT2D eigenvalue weighted by molar-refractivity contribution is 7.64. The Hall–Kier alpha value is -0.810. The molecule has 0 bridgehead atoms. The first-order valence-electron chi connectivity index (χ1n) is 4.57. The molecular weight excluding hydrogens is 179 g/mol. The van der Waals surface area contributed by atoms with E-state index in [0.717, 1.165) is 0 Å². The maximum absolute atomic E-state index is 5.46. The van der Waals surface area contributed by atoms with Gasteiger partial charge in [-0.25, -0.2) is 0 Å². The molecule has 2 heterocycles. The van der Waals surface area contributed by atoms with E-state index in [0.29, 0.717) is 5.92 Å². The van der Waals surface area contributed by atoms with Crippen molar-refractivity contribution in [2.45, 2.75) is 12.8 Å². The summed E-state index contributed by atoms with van der Waals surface area (Å²) in [6, 6.07) is 10.7. The van der Waals surface area contributed by atoms with Crippen molar-refractivity contribution in [1.82, 2.24) is 0 Å². The van der Waals surface area contributed by atoms with E-state index in [-0.39, 0.29) is 8.15 Å². The second-order valence-corrected chi connectivity index (χ2v) is 5.31. The van der Waals surface area contributed by atoms with Crippen LogP contribution in [0.2, 0.25) is 0 Å². The average Bonchev–Trinajstić information content (AvgIpc) is 2.88. The minimum Gasteiger partial charge on any atom is -0.462 e. The first-order chi connectivity index (χ1) is 6.36. The summed E-state index contributed by atoms with van der Waals surface area (Å²) in [6.07, 6.45) is 1.22. The Morgan fingerprint density at radius 1 is 1.31 bits per heavy atom. The summed E-state index contributed by atoms with van der Waals surface area (Å²) >= 11 is 0. The monoisotopic (exact) mass is 190 g/mol. The third-order valence-corrected chi connectivity index (χ3v) is 4.63. The van der Waals surface area contributed by atoms with Crippen molar-refractivity contribution in [3.05, 3.63) is 47.0 Å². The Balaban J connectivity index is 1.97. The highest BCUT2D eigenvalue weighted by atomic mass is 31.2. The van der Waals surface area contributed by atoms with Gasteiger partial charge in [-0.1, -0.05) is 30.3 Å². The number of rotatable bonds is 1. The summed E-state index contributed by atoms with van der Waals surface area (Å²) in [7, 11) is -0.121. The zero-order valence-electron chi connectivity index (χ0n) is 7.53. The number of allylic oxidation sites excluding steroid dienone is 1. The van der Waals surface area contributed by atoms with Crippen LogP contribution in [0.3, 0.4) is 0 Å². The van der Waals surface area contributed by atoms with Crippen LogP contribution >= 0.6 is 8.15 Å². The van der Waals surface area contributed by atoms with Gasteiger partial charge in [0.1, 0.15) is 0 Å². The van der Waals surface area contributed by atoms with E-state index in [1.165, 1.54) is 22.8 Å². The normalized spacial score (nSPS) is 29.9. The van der Waals surface area contributed by atoms with Crippen molar-refractivity contribution in [2.75, 3.05) is 6.16 Å². The van der Waals surface area contributed by atoms with Crippen molar-refractivity contribution in [2.24, 2.45) is 0 Å². The fraction of sp³-hybridized carbons (Fsp3) is 0.273. The second-order valence-electron chi connectivity index (χ2n) is 3.60. The SMILES string of the molecule is CC1=C2OP2CC1c1ccccc1. The molecule has 0 N–H and O–H groups in total. The van der Waals surface area contributed by atoms with Gasteiger partial charge in [0.25, 0.3) is 0 Å². The van der Waals surface area contributed by atoms with E-state index in [9.17, 15) is 0 Å². The van der Waals surface area contributed by atoms with E-state index in [4.69, 9.17) is 4.52 Å². The fourth-order valence-electron chi connectivity index (χ4n) is 1.97. The summed E-state index contributed by atoms with van der Waals surface area (Å²) in [6.45, 7) is 2.21. The molecule has 0 aromatic heterocycles. The van der Waals surface area contributed by atoms with Crippen molar-refractivity contribution in [3.63, 3.8) is 0 Å².